The Bertz CT molecular complexity index is 230. The fraction of sp³-hybridized carbons (Fsp3) is 0.900. The largest absolute Gasteiger partial charge is 0.378 e. The quantitative estimate of drug-likeness (QED) is 0.700. The van der Waals surface area contributed by atoms with E-state index in [1.54, 1.807) is 0 Å². The van der Waals surface area contributed by atoms with Crippen molar-refractivity contribution in [2.45, 2.75) is 39.3 Å². The molecule has 1 saturated heterocycles. The Morgan fingerprint density at radius 1 is 1.38 bits per heavy atom. The minimum Gasteiger partial charge on any atom is -0.378 e. The third-order valence-electron chi connectivity index (χ3n) is 2.66. The first-order valence-corrected chi connectivity index (χ1v) is 4.70. The Morgan fingerprint density at radius 3 is 2.31 bits per heavy atom. The molecule has 0 amide bonds. The molecule has 0 bridgehead atoms. The van der Waals surface area contributed by atoms with Crippen LogP contribution in [0.25, 0.3) is 0 Å². The molecule has 0 aromatic rings. The molecule has 0 saturated carbocycles. The van der Waals surface area contributed by atoms with Gasteiger partial charge in [-0.3, -0.25) is 5.32 Å². The number of hydrogen-bond acceptors (Lipinski definition) is 3. The smallest absolute Gasteiger partial charge is 0.137 e. The third kappa shape index (κ3) is 1.70. The van der Waals surface area contributed by atoms with Crippen LogP contribution in [-0.4, -0.2) is 24.8 Å². The second-order valence-corrected chi connectivity index (χ2v) is 4.69. The molecule has 0 aliphatic carbocycles. The van der Waals surface area contributed by atoms with Crippen LogP contribution in [0.5, 0.6) is 0 Å². The molecule has 1 atom stereocenters. The van der Waals surface area contributed by atoms with Gasteiger partial charge in [-0.25, -0.2) is 0 Å². The lowest BCUT2D eigenvalue weighted by atomic mass is 9.75. The molecule has 1 N–H and O–H groups in total. The van der Waals surface area contributed by atoms with E-state index in [9.17, 15) is 5.26 Å². The molecule has 3 heteroatoms. The summed E-state index contributed by atoms with van der Waals surface area (Å²) in [7, 11) is 0. The lowest BCUT2D eigenvalue weighted by Gasteiger charge is -2.35. The molecule has 1 aliphatic rings. The Labute approximate surface area is 80.1 Å². The number of hydrogen-bond donors (Lipinski definition) is 1. The van der Waals surface area contributed by atoms with Gasteiger partial charge >= 0.3 is 0 Å². The minimum absolute atomic E-state index is 0.105. The highest BCUT2D eigenvalue weighted by Crippen LogP contribution is 2.37. The Hall–Kier alpha value is -0.590. The molecule has 1 aliphatic heterocycles. The van der Waals surface area contributed by atoms with Gasteiger partial charge in [-0.1, -0.05) is 13.8 Å². The fourth-order valence-electron chi connectivity index (χ4n) is 1.72. The van der Waals surface area contributed by atoms with E-state index in [1.807, 2.05) is 13.8 Å². The molecule has 13 heavy (non-hydrogen) atoms. The van der Waals surface area contributed by atoms with Crippen LogP contribution in [-0.2, 0) is 4.74 Å². The van der Waals surface area contributed by atoms with Gasteiger partial charge in [0.1, 0.15) is 5.54 Å². The average Bonchev–Trinajstić information content (AvgIpc) is 2.27. The number of rotatable bonds is 2. The molecule has 1 fully saturated rings. The van der Waals surface area contributed by atoms with Crippen molar-refractivity contribution in [3.05, 3.63) is 0 Å². The van der Waals surface area contributed by atoms with E-state index >= 15 is 0 Å². The second-order valence-electron chi connectivity index (χ2n) is 4.69. The summed E-state index contributed by atoms with van der Waals surface area (Å²) < 4.78 is 5.38. The highest BCUT2D eigenvalue weighted by atomic mass is 16.5. The normalized spacial score (nSPS) is 32.0. The molecule has 0 aromatic carbocycles. The predicted octanol–water partition coefficient (Wildman–Crippen LogP) is 1.30. The van der Waals surface area contributed by atoms with Crippen LogP contribution in [0.3, 0.4) is 0 Å². The summed E-state index contributed by atoms with van der Waals surface area (Å²) in [6, 6.07) is 2.67. The summed E-state index contributed by atoms with van der Waals surface area (Å²) >= 11 is 0. The number of nitrogens with one attached hydrogen (secondary N) is 1. The maximum Gasteiger partial charge on any atom is 0.137 e. The molecule has 0 aromatic heterocycles. The highest BCUT2D eigenvalue weighted by molar-refractivity contribution is 5.18. The van der Waals surface area contributed by atoms with E-state index in [1.165, 1.54) is 0 Å². The zero-order valence-electron chi connectivity index (χ0n) is 8.85. The molecule has 1 heterocycles. The van der Waals surface area contributed by atoms with Crippen LogP contribution in [0.4, 0.5) is 0 Å². The van der Waals surface area contributed by atoms with Crippen LogP contribution in [0.1, 0.15) is 27.7 Å². The maximum atomic E-state index is 9.21. The van der Waals surface area contributed by atoms with Gasteiger partial charge in [0.05, 0.1) is 19.3 Å². The minimum atomic E-state index is -0.513. The van der Waals surface area contributed by atoms with Crippen molar-refractivity contribution in [1.82, 2.24) is 5.32 Å². The fourth-order valence-corrected chi connectivity index (χ4v) is 1.72. The van der Waals surface area contributed by atoms with E-state index in [0.29, 0.717) is 19.3 Å². The summed E-state index contributed by atoms with van der Waals surface area (Å²) in [6.07, 6.45) is 0. The van der Waals surface area contributed by atoms with Crippen molar-refractivity contribution in [2.75, 3.05) is 13.2 Å². The third-order valence-corrected chi connectivity index (χ3v) is 2.66. The van der Waals surface area contributed by atoms with Crippen LogP contribution in [0, 0.1) is 16.7 Å². The van der Waals surface area contributed by atoms with Gasteiger partial charge in [-0.2, -0.15) is 5.26 Å². The summed E-state index contributed by atoms with van der Waals surface area (Å²) in [5.74, 6) is 0. The van der Waals surface area contributed by atoms with Gasteiger partial charge in [0.15, 0.2) is 0 Å². The lowest BCUT2D eigenvalue weighted by molar-refractivity contribution is 0.166. The maximum absolute atomic E-state index is 9.21. The summed E-state index contributed by atoms with van der Waals surface area (Å²) in [5, 5.41) is 12.5. The Kier molecular flexibility index (Phi) is 2.65. The standard InChI is InChI=1S/C10H18N2O/c1-8(2)12-10(5-11)7-13-6-9(10,3)4/h8,12H,6-7H2,1-4H3. The average molecular weight is 182 g/mol. The zero-order chi connectivity index (χ0) is 10.1. The van der Waals surface area contributed by atoms with Crippen molar-refractivity contribution in [1.29, 1.82) is 5.26 Å². The Balaban J connectivity index is 2.87. The van der Waals surface area contributed by atoms with E-state index < -0.39 is 5.54 Å². The molecule has 1 rings (SSSR count). The highest BCUT2D eigenvalue weighted by Gasteiger charge is 2.50. The lowest BCUT2D eigenvalue weighted by Crippen LogP contribution is -2.56. The molecule has 0 radical (unpaired) electrons. The Morgan fingerprint density at radius 2 is 2.00 bits per heavy atom. The summed E-state index contributed by atoms with van der Waals surface area (Å²) in [4.78, 5) is 0. The van der Waals surface area contributed by atoms with Crippen molar-refractivity contribution >= 4 is 0 Å². The summed E-state index contributed by atoms with van der Waals surface area (Å²) in [6.45, 7) is 9.38. The van der Waals surface area contributed by atoms with Gasteiger partial charge in [0.25, 0.3) is 0 Å². The van der Waals surface area contributed by atoms with E-state index in [-0.39, 0.29) is 5.41 Å². The van der Waals surface area contributed by atoms with Crippen molar-refractivity contribution in [3.63, 3.8) is 0 Å². The molecular weight excluding hydrogens is 164 g/mol. The van der Waals surface area contributed by atoms with Gasteiger partial charge in [0.2, 0.25) is 0 Å². The van der Waals surface area contributed by atoms with E-state index in [2.05, 4.69) is 25.2 Å². The first-order chi connectivity index (χ1) is 5.93. The number of ether oxygens (including phenoxy) is 1. The first kappa shape index (κ1) is 10.5. The van der Waals surface area contributed by atoms with Crippen molar-refractivity contribution in [2.24, 2.45) is 5.41 Å². The van der Waals surface area contributed by atoms with E-state index in [0.717, 1.165) is 0 Å². The topological polar surface area (TPSA) is 45.0 Å². The van der Waals surface area contributed by atoms with Crippen LogP contribution in [0.2, 0.25) is 0 Å². The summed E-state index contributed by atoms with van der Waals surface area (Å²) in [5.41, 5.74) is -0.618. The van der Waals surface area contributed by atoms with Crippen molar-refractivity contribution in [3.8, 4) is 6.07 Å². The predicted molar refractivity (Wildman–Crippen MR) is 51.2 cm³/mol. The molecule has 74 valence electrons. The van der Waals surface area contributed by atoms with Crippen LogP contribution < -0.4 is 5.32 Å². The van der Waals surface area contributed by atoms with Gasteiger partial charge < -0.3 is 4.74 Å². The van der Waals surface area contributed by atoms with E-state index in [4.69, 9.17) is 4.74 Å². The second kappa shape index (κ2) is 3.28. The van der Waals surface area contributed by atoms with Gasteiger partial charge in [-0.15, -0.1) is 0 Å². The molecule has 0 spiro atoms. The first-order valence-electron chi connectivity index (χ1n) is 4.70. The zero-order valence-corrected chi connectivity index (χ0v) is 8.85. The SMILES string of the molecule is CC(C)NC1(C#N)COCC1(C)C. The number of nitrogens with zero attached hydrogens (tertiary/aromatic N) is 1. The van der Waals surface area contributed by atoms with Crippen molar-refractivity contribution < 1.29 is 4.74 Å². The van der Waals surface area contributed by atoms with Gasteiger partial charge in [-0.05, 0) is 13.8 Å². The molecular formula is C10H18N2O. The van der Waals surface area contributed by atoms with Crippen LogP contribution in [0.15, 0.2) is 0 Å². The molecule has 1 unspecified atom stereocenters. The molecule has 3 nitrogen and oxygen atoms in total. The van der Waals surface area contributed by atoms with Crippen LogP contribution >= 0.6 is 0 Å². The number of nitriles is 1. The monoisotopic (exact) mass is 182 g/mol. The van der Waals surface area contributed by atoms with Gasteiger partial charge in [0, 0.05) is 11.5 Å².